The summed E-state index contributed by atoms with van der Waals surface area (Å²) in [4.78, 5) is 19.6. The van der Waals surface area contributed by atoms with Gasteiger partial charge in [-0.3, -0.25) is 4.79 Å². The van der Waals surface area contributed by atoms with Crippen molar-refractivity contribution in [2.45, 2.75) is 10.6 Å². The summed E-state index contributed by atoms with van der Waals surface area (Å²) in [5, 5.41) is 0.143. The number of carbonyl (C=O) groups is 1. The van der Waals surface area contributed by atoms with Crippen LogP contribution in [0.25, 0.3) is 0 Å². The van der Waals surface area contributed by atoms with Crippen LogP contribution in [0.15, 0.2) is 30.5 Å². The van der Waals surface area contributed by atoms with Crippen molar-refractivity contribution < 1.29 is 13.2 Å². The number of nitrogens with zero attached hydrogens (tertiary/aromatic N) is 2. The number of hydrogen-bond acceptors (Lipinski definition) is 5. The Hall–Kier alpha value is -1.02. The maximum absolute atomic E-state index is 12.6. The normalized spacial score (nSPS) is 12.9. The number of carbonyl (C=O) groups excluding carboxylic acids is 1. The Morgan fingerprint density at radius 2 is 2.00 bits per heavy atom. The van der Waals surface area contributed by atoms with Crippen LogP contribution in [-0.4, -0.2) is 30.4 Å². The summed E-state index contributed by atoms with van der Waals surface area (Å²) in [6.45, 7) is 0. The third-order valence-corrected chi connectivity index (χ3v) is 5.25. The molecule has 5 nitrogen and oxygen atoms in total. The van der Waals surface area contributed by atoms with E-state index in [-0.39, 0.29) is 27.4 Å². The van der Waals surface area contributed by atoms with Crippen molar-refractivity contribution in [2.24, 2.45) is 0 Å². The van der Waals surface area contributed by atoms with Gasteiger partial charge in [-0.05, 0) is 29.3 Å². The monoisotopic (exact) mass is 436 g/mol. The van der Waals surface area contributed by atoms with Crippen LogP contribution in [0, 0.1) is 0 Å². The Balaban J connectivity index is 2.38. The molecule has 122 valence electrons. The number of aromatic nitrogens is 2. The second-order valence-electron chi connectivity index (χ2n) is 4.83. The van der Waals surface area contributed by atoms with Gasteiger partial charge in [0.05, 0.1) is 16.5 Å². The van der Waals surface area contributed by atoms with Gasteiger partial charge >= 0.3 is 0 Å². The van der Waals surface area contributed by atoms with Crippen molar-refractivity contribution in [1.82, 2.24) is 9.97 Å². The fourth-order valence-corrected chi connectivity index (χ4v) is 3.75. The zero-order valence-corrected chi connectivity index (χ0v) is 15.7. The SMILES string of the molecule is CS(=O)(=O)Cc1cccc(C(=O)C(Br)c2ccnc(Cl)n2)c1Cl. The van der Waals surface area contributed by atoms with Crippen LogP contribution in [-0.2, 0) is 15.6 Å². The van der Waals surface area contributed by atoms with E-state index in [1.807, 2.05) is 0 Å². The lowest BCUT2D eigenvalue weighted by molar-refractivity contribution is 0.0990. The largest absolute Gasteiger partial charge is 0.292 e. The first kappa shape index (κ1) is 18.3. The average Bonchev–Trinajstić information content (AvgIpc) is 2.46. The Bertz CT molecular complexity index is 859. The topological polar surface area (TPSA) is 77.0 Å². The molecule has 0 aliphatic rings. The summed E-state index contributed by atoms with van der Waals surface area (Å²) in [5.41, 5.74) is 0.976. The molecular formula is C14H11BrCl2N2O3S. The van der Waals surface area contributed by atoms with E-state index >= 15 is 0 Å². The molecule has 2 aromatic rings. The van der Waals surface area contributed by atoms with Gasteiger partial charge in [-0.1, -0.05) is 39.7 Å². The average molecular weight is 438 g/mol. The molecule has 1 aromatic carbocycles. The number of sulfone groups is 1. The molecule has 0 bridgehead atoms. The van der Waals surface area contributed by atoms with Crippen molar-refractivity contribution >= 4 is 54.8 Å². The summed E-state index contributed by atoms with van der Waals surface area (Å²) < 4.78 is 22.9. The Morgan fingerprint density at radius 1 is 1.30 bits per heavy atom. The molecule has 1 unspecified atom stereocenters. The lowest BCUT2D eigenvalue weighted by Gasteiger charge is -2.12. The summed E-state index contributed by atoms with van der Waals surface area (Å²) in [6, 6.07) is 6.25. The van der Waals surface area contributed by atoms with E-state index in [2.05, 4.69) is 25.9 Å². The molecule has 0 amide bonds. The Kier molecular flexibility index (Phi) is 5.78. The van der Waals surface area contributed by atoms with Crippen molar-refractivity contribution in [2.75, 3.05) is 6.26 Å². The summed E-state index contributed by atoms with van der Waals surface area (Å²) >= 11 is 15.2. The van der Waals surface area contributed by atoms with Crippen molar-refractivity contribution in [3.05, 3.63) is 57.6 Å². The molecule has 0 radical (unpaired) electrons. The van der Waals surface area contributed by atoms with E-state index < -0.39 is 14.7 Å². The molecular weight excluding hydrogens is 427 g/mol. The first-order valence-corrected chi connectivity index (χ1v) is 10.0. The maximum atomic E-state index is 12.6. The van der Waals surface area contributed by atoms with Gasteiger partial charge in [0.25, 0.3) is 0 Å². The van der Waals surface area contributed by atoms with Gasteiger partial charge in [-0.25, -0.2) is 18.4 Å². The predicted molar refractivity (Wildman–Crippen MR) is 93.0 cm³/mol. The molecule has 23 heavy (non-hydrogen) atoms. The van der Waals surface area contributed by atoms with Crippen LogP contribution in [0.4, 0.5) is 0 Å². The molecule has 1 atom stereocenters. The molecule has 0 aliphatic carbocycles. The summed E-state index contributed by atoms with van der Waals surface area (Å²) in [6.07, 6.45) is 2.54. The van der Waals surface area contributed by atoms with Crippen LogP contribution in [0.3, 0.4) is 0 Å². The van der Waals surface area contributed by atoms with Gasteiger partial charge in [0, 0.05) is 18.0 Å². The molecule has 0 spiro atoms. The smallest absolute Gasteiger partial charge is 0.222 e. The molecule has 0 aliphatic heterocycles. The molecule has 0 N–H and O–H groups in total. The van der Waals surface area contributed by atoms with Crippen molar-refractivity contribution in [1.29, 1.82) is 0 Å². The van der Waals surface area contributed by atoms with E-state index in [1.54, 1.807) is 18.2 Å². The quantitative estimate of drug-likeness (QED) is 0.405. The van der Waals surface area contributed by atoms with E-state index in [4.69, 9.17) is 23.2 Å². The molecule has 0 saturated carbocycles. The number of halogens is 3. The van der Waals surface area contributed by atoms with Gasteiger partial charge in [-0.15, -0.1) is 0 Å². The minimum atomic E-state index is -3.27. The summed E-state index contributed by atoms with van der Waals surface area (Å²) in [5.74, 6) is -0.584. The lowest BCUT2D eigenvalue weighted by atomic mass is 10.0. The first-order chi connectivity index (χ1) is 10.7. The van der Waals surface area contributed by atoms with Crippen molar-refractivity contribution in [3.8, 4) is 0 Å². The predicted octanol–water partition coefficient (Wildman–Crippen LogP) is 3.65. The highest BCUT2D eigenvalue weighted by atomic mass is 79.9. The maximum Gasteiger partial charge on any atom is 0.222 e. The molecule has 1 aromatic heterocycles. The van der Waals surface area contributed by atoms with Gasteiger partial charge < -0.3 is 0 Å². The van der Waals surface area contributed by atoms with Crippen LogP contribution >= 0.6 is 39.1 Å². The number of ketones is 1. The minimum absolute atomic E-state index is 0.0247. The number of alkyl halides is 1. The van der Waals surface area contributed by atoms with Gasteiger partial charge in [0.15, 0.2) is 15.6 Å². The molecule has 9 heteroatoms. The van der Waals surface area contributed by atoms with Crippen LogP contribution in [0.2, 0.25) is 10.3 Å². The third-order valence-electron chi connectivity index (χ3n) is 2.90. The number of Topliss-reactive ketones (excluding diaryl/α,β-unsaturated/α-hetero) is 1. The van der Waals surface area contributed by atoms with E-state index in [9.17, 15) is 13.2 Å². The number of hydrogen-bond donors (Lipinski definition) is 0. The van der Waals surface area contributed by atoms with Gasteiger partial charge in [-0.2, -0.15) is 0 Å². The minimum Gasteiger partial charge on any atom is -0.292 e. The lowest BCUT2D eigenvalue weighted by Crippen LogP contribution is -2.11. The third kappa shape index (κ3) is 4.73. The van der Waals surface area contributed by atoms with Crippen LogP contribution < -0.4 is 0 Å². The van der Waals surface area contributed by atoms with Gasteiger partial charge in [0.2, 0.25) is 5.28 Å². The second kappa shape index (κ2) is 7.25. The van der Waals surface area contributed by atoms with E-state index in [0.29, 0.717) is 11.3 Å². The zero-order valence-electron chi connectivity index (χ0n) is 11.8. The second-order valence-corrected chi connectivity index (χ2v) is 8.60. The van der Waals surface area contributed by atoms with E-state index in [1.165, 1.54) is 12.3 Å². The fraction of sp³-hybridized carbons (Fsp3) is 0.214. The van der Waals surface area contributed by atoms with Crippen LogP contribution in [0.1, 0.15) is 26.4 Å². The standard InChI is InChI=1S/C14H11BrCl2N2O3S/c1-23(21,22)7-8-3-2-4-9(12(8)16)13(20)11(15)10-5-6-18-14(17)19-10/h2-6,11H,7H2,1H3. The van der Waals surface area contributed by atoms with Crippen LogP contribution in [0.5, 0.6) is 0 Å². The fourth-order valence-electron chi connectivity index (χ4n) is 1.92. The highest BCUT2D eigenvalue weighted by Gasteiger charge is 2.24. The zero-order chi connectivity index (χ0) is 17.2. The highest BCUT2D eigenvalue weighted by Crippen LogP contribution is 2.31. The molecule has 0 fully saturated rings. The Labute approximate surface area is 152 Å². The highest BCUT2D eigenvalue weighted by molar-refractivity contribution is 9.09. The molecule has 2 rings (SSSR count). The molecule has 0 saturated heterocycles. The molecule has 1 heterocycles. The van der Waals surface area contributed by atoms with Gasteiger partial charge in [0.1, 0.15) is 4.83 Å². The first-order valence-electron chi connectivity index (χ1n) is 6.31. The number of benzene rings is 1. The van der Waals surface area contributed by atoms with Crippen molar-refractivity contribution in [3.63, 3.8) is 0 Å². The Morgan fingerprint density at radius 3 is 2.61 bits per heavy atom. The summed E-state index contributed by atoms with van der Waals surface area (Å²) in [7, 11) is -3.27. The van der Waals surface area contributed by atoms with E-state index in [0.717, 1.165) is 6.26 Å². The number of rotatable bonds is 5.